The van der Waals surface area contributed by atoms with Crippen molar-refractivity contribution < 1.29 is 9.26 Å². The average molecular weight is 480 g/mol. The van der Waals surface area contributed by atoms with Crippen molar-refractivity contribution in [2.45, 2.75) is 31.6 Å². The highest BCUT2D eigenvalue weighted by Gasteiger charge is 2.53. The van der Waals surface area contributed by atoms with E-state index >= 15 is 0 Å². The minimum absolute atomic E-state index is 0. The van der Waals surface area contributed by atoms with E-state index in [1.807, 2.05) is 43.4 Å². The molecule has 3 saturated heterocycles. The molecule has 1 N–H and O–H groups in total. The van der Waals surface area contributed by atoms with Crippen molar-refractivity contribution in [2.24, 2.45) is 16.8 Å². The molecule has 1 aromatic carbocycles. The van der Waals surface area contributed by atoms with E-state index in [0.717, 1.165) is 36.1 Å². The fraction of sp³-hybridized carbons (Fsp3) is 0.500. The molecular weight excluding hydrogens is 455 g/mol. The molecule has 2 bridgehead atoms. The quantitative estimate of drug-likeness (QED) is 0.416. The van der Waals surface area contributed by atoms with Gasteiger partial charge in [0.25, 0.3) is 0 Å². The summed E-state index contributed by atoms with van der Waals surface area (Å²) in [6, 6.07) is 12.1. The highest BCUT2D eigenvalue weighted by Crippen LogP contribution is 2.47. The van der Waals surface area contributed by atoms with Gasteiger partial charge in [-0.2, -0.15) is 0 Å². The Labute approximate surface area is 176 Å². The highest BCUT2D eigenvalue weighted by atomic mass is 127. The minimum atomic E-state index is 0. The van der Waals surface area contributed by atoms with Crippen molar-refractivity contribution in [3.63, 3.8) is 0 Å². The number of ether oxygens (including phenoxy) is 1. The molecule has 0 spiro atoms. The Morgan fingerprint density at radius 1 is 1.19 bits per heavy atom. The molecule has 1 aromatic heterocycles. The highest BCUT2D eigenvalue weighted by molar-refractivity contribution is 14.0. The van der Waals surface area contributed by atoms with Gasteiger partial charge in [-0.3, -0.25) is 4.99 Å². The second-order valence-electron chi connectivity index (χ2n) is 7.47. The van der Waals surface area contributed by atoms with E-state index in [9.17, 15) is 0 Å². The summed E-state index contributed by atoms with van der Waals surface area (Å²) in [6.07, 6.45) is 3.39. The van der Waals surface area contributed by atoms with Crippen molar-refractivity contribution >= 4 is 29.9 Å². The largest absolute Gasteiger partial charge is 0.374 e. The van der Waals surface area contributed by atoms with Gasteiger partial charge in [0.1, 0.15) is 5.69 Å². The van der Waals surface area contributed by atoms with Crippen LogP contribution < -0.4 is 5.32 Å². The number of aromatic nitrogens is 1. The first-order valence-corrected chi connectivity index (χ1v) is 9.44. The summed E-state index contributed by atoms with van der Waals surface area (Å²) in [7, 11) is 1.84. The number of guanidine groups is 1. The number of benzene rings is 1. The zero-order valence-electron chi connectivity index (χ0n) is 15.4. The molecule has 4 unspecified atom stereocenters. The predicted molar refractivity (Wildman–Crippen MR) is 114 cm³/mol. The number of nitrogens with zero attached hydrogens (tertiary/aromatic N) is 3. The van der Waals surface area contributed by atoms with Crippen LogP contribution in [0.3, 0.4) is 0 Å². The average Bonchev–Trinajstić information content (AvgIpc) is 3.44. The second-order valence-corrected chi connectivity index (χ2v) is 7.47. The Morgan fingerprint density at radius 2 is 1.89 bits per heavy atom. The van der Waals surface area contributed by atoms with Gasteiger partial charge >= 0.3 is 0 Å². The monoisotopic (exact) mass is 480 g/mol. The summed E-state index contributed by atoms with van der Waals surface area (Å²) in [4.78, 5) is 6.85. The van der Waals surface area contributed by atoms with E-state index in [2.05, 4.69) is 20.4 Å². The first-order chi connectivity index (χ1) is 12.8. The molecule has 0 saturated carbocycles. The van der Waals surface area contributed by atoms with Gasteiger partial charge < -0.3 is 19.5 Å². The Kier molecular flexibility index (Phi) is 5.41. The summed E-state index contributed by atoms with van der Waals surface area (Å²) in [6.45, 7) is 2.66. The smallest absolute Gasteiger partial charge is 0.194 e. The summed E-state index contributed by atoms with van der Waals surface area (Å²) < 4.78 is 11.6. The van der Waals surface area contributed by atoms with Crippen LogP contribution in [0, 0.1) is 11.8 Å². The first kappa shape index (κ1) is 18.7. The third kappa shape index (κ3) is 3.47. The van der Waals surface area contributed by atoms with Crippen LogP contribution in [0.5, 0.6) is 0 Å². The lowest BCUT2D eigenvalue weighted by molar-refractivity contribution is 0.0767. The molecule has 0 aliphatic carbocycles. The first-order valence-electron chi connectivity index (χ1n) is 9.44. The Bertz CT molecular complexity index is 791. The molecule has 7 heteroatoms. The van der Waals surface area contributed by atoms with Gasteiger partial charge in [-0.05, 0) is 12.8 Å². The van der Waals surface area contributed by atoms with E-state index in [-0.39, 0.29) is 24.0 Å². The van der Waals surface area contributed by atoms with Crippen molar-refractivity contribution in [1.29, 1.82) is 0 Å². The fourth-order valence-electron chi connectivity index (χ4n) is 4.77. The van der Waals surface area contributed by atoms with E-state index in [4.69, 9.17) is 9.26 Å². The van der Waals surface area contributed by atoms with Crippen LogP contribution in [-0.4, -0.2) is 48.4 Å². The summed E-state index contributed by atoms with van der Waals surface area (Å²) in [5, 5.41) is 7.61. The number of aliphatic imine (C=N–C) groups is 1. The fourth-order valence-corrected chi connectivity index (χ4v) is 4.77. The Balaban J connectivity index is 0.00000180. The minimum Gasteiger partial charge on any atom is -0.374 e. The van der Waals surface area contributed by atoms with E-state index < -0.39 is 0 Å². The molecule has 4 atom stereocenters. The number of hydrogen-bond donors (Lipinski definition) is 1. The van der Waals surface area contributed by atoms with Crippen molar-refractivity contribution in [3.05, 3.63) is 42.2 Å². The van der Waals surface area contributed by atoms with Crippen molar-refractivity contribution in [3.8, 4) is 11.3 Å². The molecule has 0 amide bonds. The number of nitrogens with one attached hydrogen (secondary N) is 1. The third-order valence-corrected chi connectivity index (χ3v) is 6.01. The molecule has 0 radical (unpaired) electrons. The molecule has 6 nitrogen and oxygen atoms in total. The summed E-state index contributed by atoms with van der Waals surface area (Å²) in [5.41, 5.74) is 1.93. The van der Waals surface area contributed by atoms with Gasteiger partial charge in [0, 0.05) is 43.6 Å². The Morgan fingerprint density at radius 3 is 2.56 bits per heavy atom. The lowest BCUT2D eigenvalue weighted by atomic mass is 9.82. The van der Waals surface area contributed by atoms with E-state index in [0.29, 0.717) is 30.6 Å². The van der Waals surface area contributed by atoms with E-state index in [1.54, 1.807) is 0 Å². The molecule has 3 aliphatic heterocycles. The van der Waals surface area contributed by atoms with Crippen LogP contribution in [0.1, 0.15) is 18.6 Å². The maximum Gasteiger partial charge on any atom is 0.194 e. The molecule has 144 valence electrons. The lowest BCUT2D eigenvalue weighted by Crippen LogP contribution is -2.40. The Hall–Kier alpha value is -1.61. The van der Waals surface area contributed by atoms with Gasteiger partial charge in [-0.25, -0.2) is 0 Å². The summed E-state index contributed by atoms with van der Waals surface area (Å²) in [5.74, 6) is 3.09. The van der Waals surface area contributed by atoms with Crippen LogP contribution >= 0.6 is 24.0 Å². The van der Waals surface area contributed by atoms with Gasteiger partial charge in [-0.1, -0.05) is 35.5 Å². The van der Waals surface area contributed by atoms with Crippen LogP contribution in [0.15, 0.2) is 45.9 Å². The van der Waals surface area contributed by atoms with E-state index in [1.165, 1.54) is 12.8 Å². The second kappa shape index (κ2) is 7.79. The topological polar surface area (TPSA) is 62.9 Å². The summed E-state index contributed by atoms with van der Waals surface area (Å²) >= 11 is 0. The maximum atomic E-state index is 6.06. The lowest BCUT2D eigenvalue weighted by Gasteiger charge is -2.22. The molecule has 2 aromatic rings. The molecule has 27 heavy (non-hydrogen) atoms. The standard InChI is InChI=1S/C20H24N4O2.HI/c1-21-20(24-11-15-16(12-24)19-8-7-18(15)25-19)22-10-14-9-17(23-26-14)13-5-3-2-4-6-13;/h2-6,9,15-16,18-19H,7-8,10-12H2,1H3,(H,21,22);1H. The number of rotatable bonds is 3. The normalized spacial score (nSPS) is 28.9. The molecule has 3 fully saturated rings. The maximum absolute atomic E-state index is 6.06. The molecule has 4 heterocycles. The van der Waals surface area contributed by atoms with Crippen LogP contribution in [0.25, 0.3) is 11.3 Å². The van der Waals surface area contributed by atoms with Crippen molar-refractivity contribution in [2.75, 3.05) is 20.1 Å². The zero-order valence-corrected chi connectivity index (χ0v) is 17.7. The number of likely N-dealkylation sites (tertiary alicyclic amines) is 1. The van der Waals surface area contributed by atoms with Crippen LogP contribution in [0.2, 0.25) is 0 Å². The number of fused-ring (bicyclic) bond motifs is 5. The number of hydrogen-bond acceptors (Lipinski definition) is 4. The predicted octanol–water partition coefficient (Wildman–Crippen LogP) is 3.14. The number of halogens is 1. The van der Waals surface area contributed by atoms with Gasteiger partial charge in [0.2, 0.25) is 0 Å². The van der Waals surface area contributed by atoms with Gasteiger partial charge in [0.15, 0.2) is 11.7 Å². The third-order valence-electron chi connectivity index (χ3n) is 6.01. The van der Waals surface area contributed by atoms with Crippen LogP contribution in [-0.2, 0) is 11.3 Å². The SMILES string of the molecule is CN=C(NCc1cc(-c2ccccc2)no1)N1CC2C3CCC(O3)C2C1.I. The van der Waals surface area contributed by atoms with Gasteiger partial charge in [-0.15, -0.1) is 24.0 Å². The zero-order chi connectivity index (χ0) is 17.5. The van der Waals surface area contributed by atoms with Crippen molar-refractivity contribution in [1.82, 2.24) is 15.4 Å². The molecular formula is C20H25IN4O2. The molecule has 5 rings (SSSR count). The molecule has 3 aliphatic rings. The van der Waals surface area contributed by atoms with Gasteiger partial charge in [0.05, 0.1) is 18.8 Å². The van der Waals surface area contributed by atoms with Crippen LogP contribution in [0.4, 0.5) is 0 Å².